The molecule has 0 amide bonds. The molecule has 0 bridgehead atoms. The minimum absolute atomic E-state index is 0.120. The van der Waals surface area contributed by atoms with Gasteiger partial charge in [-0.3, -0.25) is 19.7 Å². The van der Waals surface area contributed by atoms with E-state index in [0.29, 0.717) is 6.07 Å². The smallest absolute Gasteiger partial charge is 0.313 e. The first-order valence-corrected chi connectivity index (χ1v) is 5.08. The third-order valence-corrected chi connectivity index (χ3v) is 2.07. The zero-order valence-corrected chi connectivity index (χ0v) is 9.51. The normalized spacial score (nSPS) is 9.89. The Bertz CT molecular complexity index is 500. The molecule has 7 heteroatoms. The topological polar surface area (TPSA) is 86.5 Å². The summed E-state index contributed by atoms with van der Waals surface area (Å²) in [6.45, 7) is 1.70. The van der Waals surface area contributed by atoms with Crippen molar-refractivity contribution in [3.05, 3.63) is 39.7 Å². The van der Waals surface area contributed by atoms with Crippen molar-refractivity contribution in [1.29, 1.82) is 0 Å². The van der Waals surface area contributed by atoms with Crippen molar-refractivity contribution in [2.45, 2.75) is 13.3 Å². The van der Waals surface area contributed by atoms with Crippen molar-refractivity contribution in [1.82, 2.24) is 0 Å². The predicted octanol–water partition coefficient (Wildman–Crippen LogP) is 1.87. The third kappa shape index (κ3) is 3.34. The number of carbonyl (C=O) groups is 2. The number of halogens is 1. The molecule has 0 aliphatic carbocycles. The first-order valence-electron chi connectivity index (χ1n) is 5.08. The second-order valence-electron chi connectivity index (χ2n) is 3.33. The lowest BCUT2D eigenvalue weighted by Gasteiger charge is -2.02. The van der Waals surface area contributed by atoms with Crippen LogP contribution in [-0.2, 0) is 9.53 Å². The lowest BCUT2D eigenvalue weighted by atomic mass is 10.1. The van der Waals surface area contributed by atoms with Gasteiger partial charge < -0.3 is 4.74 Å². The van der Waals surface area contributed by atoms with Crippen molar-refractivity contribution in [3.63, 3.8) is 0 Å². The Labute approximate surface area is 102 Å². The highest BCUT2D eigenvalue weighted by molar-refractivity contribution is 6.06. The van der Waals surface area contributed by atoms with Crippen molar-refractivity contribution >= 4 is 17.4 Å². The summed E-state index contributed by atoms with van der Waals surface area (Å²) in [4.78, 5) is 32.2. The second-order valence-corrected chi connectivity index (χ2v) is 3.33. The van der Waals surface area contributed by atoms with Gasteiger partial charge in [-0.15, -0.1) is 0 Å². The highest BCUT2D eigenvalue weighted by Gasteiger charge is 2.19. The monoisotopic (exact) mass is 255 g/mol. The number of esters is 1. The number of ketones is 1. The van der Waals surface area contributed by atoms with E-state index in [1.165, 1.54) is 0 Å². The van der Waals surface area contributed by atoms with Gasteiger partial charge >= 0.3 is 5.97 Å². The predicted molar refractivity (Wildman–Crippen MR) is 58.6 cm³/mol. The van der Waals surface area contributed by atoms with Crippen LogP contribution in [0.25, 0.3) is 0 Å². The molecule has 1 aromatic rings. The molecule has 0 aromatic heterocycles. The molecule has 1 rings (SSSR count). The number of ether oxygens (including phenoxy) is 1. The van der Waals surface area contributed by atoms with Gasteiger partial charge in [0.1, 0.15) is 12.2 Å². The first kappa shape index (κ1) is 13.8. The number of non-ortho nitro benzene ring substituents is 1. The molecular weight excluding hydrogens is 245 g/mol. The molecule has 18 heavy (non-hydrogen) atoms. The molecule has 0 atom stereocenters. The molecule has 0 saturated carbocycles. The largest absolute Gasteiger partial charge is 0.466 e. The summed E-state index contributed by atoms with van der Waals surface area (Å²) in [6.07, 6.45) is -0.595. The minimum atomic E-state index is -1.03. The minimum Gasteiger partial charge on any atom is -0.466 e. The Hall–Kier alpha value is -2.31. The van der Waals surface area contributed by atoms with Crippen molar-refractivity contribution in [3.8, 4) is 0 Å². The lowest BCUT2D eigenvalue weighted by Crippen LogP contribution is -2.12. The van der Waals surface area contributed by atoms with E-state index in [-0.39, 0.29) is 12.2 Å². The molecule has 0 spiro atoms. The number of hydrogen-bond donors (Lipinski definition) is 0. The Morgan fingerprint density at radius 3 is 2.61 bits per heavy atom. The lowest BCUT2D eigenvalue weighted by molar-refractivity contribution is -0.385. The quantitative estimate of drug-likeness (QED) is 0.263. The molecular formula is C11H10FNO5. The maximum absolute atomic E-state index is 13.4. The third-order valence-electron chi connectivity index (χ3n) is 2.07. The van der Waals surface area contributed by atoms with Crippen LogP contribution in [0.15, 0.2) is 18.2 Å². The highest BCUT2D eigenvalue weighted by atomic mass is 19.1. The summed E-state index contributed by atoms with van der Waals surface area (Å²) < 4.78 is 18.0. The molecule has 6 nitrogen and oxygen atoms in total. The van der Waals surface area contributed by atoms with E-state index in [2.05, 4.69) is 4.74 Å². The maximum atomic E-state index is 13.4. The fourth-order valence-electron chi connectivity index (χ4n) is 1.28. The molecule has 0 N–H and O–H groups in total. The zero-order valence-electron chi connectivity index (χ0n) is 9.51. The van der Waals surface area contributed by atoms with Gasteiger partial charge in [-0.1, -0.05) is 0 Å². The Morgan fingerprint density at radius 2 is 2.11 bits per heavy atom. The van der Waals surface area contributed by atoms with Gasteiger partial charge in [0.15, 0.2) is 5.78 Å². The van der Waals surface area contributed by atoms with Crippen LogP contribution in [-0.4, -0.2) is 23.3 Å². The van der Waals surface area contributed by atoms with Gasteiger partial charge in [-0.25, -0.2) is 4.39 Å². The van der Waals surface area contributed by atoms with Gasteiger partial charge in [-0.2, -0.15) is 0 Å². The summed E-state index contributed by atoms with van der Waals surface area (Å²) in [5.74, 6) is -2.57. The summed E-state index contributed by atoms with van der Waals surface area (Å²) in [5, 5.41) is 10.4. The van der Waals surface area contributed by atoms with E-state index in [0.717, 1.165) is 12.1 Å². The van der Waals surface area contributed by atoms with Crippen LogP contribution >= 0.6 is 0 Å². The van der Waals surface area contributed by atoms with Crippen LogP contribution < -0.4 is 0 Å². The van der Waals surface area contributed by atoms with Crippen molar-refractivity contribution < 1.29 is 23.6 Å². The molecule has 0 radical (unpaired) electrons. The SMILES string of the molecule is CCOC(=O)CC(=O)c1ccc([N+](=O)[O-])cc1F. The molecule has 96 valence electrons. The van der Waals surface area contributed by atoms with Crippen LogP contribution in [0.3, 0.4) is 0 Å². The number of nitrogens with zero attached hydrogens (tertiary/aromatic N) is 1. The molecule has 0 saturated heterocycles. The summed E-state index contributed by atoms with van der Waals surface area (Å²) >= 11 is 0. The molecule has 0 heterocycles. The van der Waals surface area contributed by atoms with Crippen LogP contribution in [0.1, 0.15) is 23.7 Å². The standard InChI is InChI=1S/C11H10FNO5/c1-2-18-11(15)6-10(14)8-4-3-7(13(16)17)5-9(8)12/h3-5H,2,6H2,1H3. The summed E-state index contributed by atoms with van der Waals surface area (Å²) in [5.41, 5.74) is -0.825. The van der Waals surface area contributed by atoms with E-state index in [9.17, 15) is 24.1 Å². The van der Waals surface area contributed by atoms with Crippen molar-refractivity contribution in [2.24, 2.45) is 0 Å². The molecule has 0 aliphatic rings. The van der Waals surface area contributed by atoms with Gasteiger partial charge in [0, 0.05) is 6.07 Å². The van der Waals surface area contributed by atoms with Crippen molar-refractivity contribution in [2.75, 3.05) is 6.61 Å². The summed E-state index contributed by atoms with van der Waals surface area (Å²) in [7, 11) is 0. The number of benzene rings is 1. The highest BCUT2D eigenvalue weighted by Crippen LogP contribution is 2.17. The number of rotatable bonds is 5. The second kappa shape index (κ2) is 5.85. The number of hydrogen-bond acceptors (Lipinski definition) is 5. The fourth-order valence-corrected chi connectivity index (χ4v) is 1.28. The average molecular weight is 255 g/mol. The van der Waals surface area contributed by atoms with E-state index < -0.39 is 34.6 Å². The van der Waals surface area contributed by atoms with E-state index in [4.69, 9.17) is 0 Å². The molecule has 0 aliphatic heterocycles. The molecule has 0 unspecified atom stereocenters. The summed E-state index contributed by atoms with van der Waals surface area (Å²) in [6, 6.07) is 2.62. The molecule has 0 fully saturated rings. The van der Waals surface area contributed by atoms with E-state index in [1.807, 2.05) is 0 Å². The van der Waals surface area contributed by atoms with Gasteiger partial charge in [0.25, 0.3) is 5.69 Å². The number of nitro benzene ring substituents is 1. The Balaban J connectivity index is 2.87. The van der Waals surface area contributed by atoms with Crippen LogP contribution in [0, 0.1) is 15.9 Å². The first-order chi connectivity index (χ1) is 8.45. The number of nitro groups is 1. The fraction of sp³-hybridized carbons (Fsp3) is 0.273. The maximum Gasteiger partial charge on any atom is 0.313 e. The van der Waals surface area contributed by atoms with Crippen LogP contribution in [0.5, 0.6) is 0 Å². The zero-order chi connectivity index (χ0) is 13.7. The average Bonchev–Trinajstić information content (AvgIpc) is 2.28. The van der Waals surface area contributed by atoms with Gasteiger partial charge in [-0.05, 0) is 13.0 Å². The molecule has 1 aromatic carbocycles. The Morgan fingerprint density at radius 1 is 1.44 bits per heavy atom. The van der Waals surface area contributed by atoms with Crippen LogP contribution in [0.2, 0.25) is 0 Å². The number of carbonyl (C=O) groups excluding carboxylic acids is 2. The number of Topliss-reactive ketones (excluding diaryl/α,β-unsaturated/α-hetero) is 1. The van der Waals surface area contributed by atoms with E-state index in [1.54, 1.807) is 6.92 Å². The van der Waals surface area contributed by atoms with E-state index >= 15 is 0 Å². The van der Waals surface area contributed by atoms with Gasteiger partial charge in [0.2, 0.25) is 0 Å². The Kier molecular flexibility index (Phi) is 4.47. The van der Waals surface area contributed by atoms with Crippen LogP contribution in [0.4, 0.5) is 10.1 Å². The van der Waals surface area contributed by atoms with Gasteiger partial charge in [0.05, 0.1) is 23.2 Å².